The molecule has 0 spiro atoms. The van der Waals surface area contributed by atoms with Gasteiger partial charge < -0.3 is 0 Å². The number of aromatic nitrogens is 3. The lowest BCUT2D eigenvalue weighted by Gasteiger charge is -2.25. The summed E-state index contributed by atoms with van der Waals surface area (Å²) < 4.78 is 1.85. The van der Waals surface area contributed by atoms with Gasteiger partial charge in [-0.25, -0.2) is 4.52 Å². The van der Waals surface area contributed by atoms with Crippen LogP contribution in [0.25, 0.3) is 5.52 Å². The van der Waals surface area contributed by atoms with E-state index >= 15 is 0 Å². The minimum Gasteiger partial charge on any atom is -0.271 e. The van der Waals surface area contributed by atoms with Crippen LogP contribution in [0, 0.1) is 5.92 Å². The van der Waals surface area contributed by atoms with Gasteiger partial charge in [-0.2, -0.15) is 5.10 Å². The van der Waals surface area contributed by atoms with Gasteiger partial charge in [0, 0.05) is 18.0 Å². The Hall–Kier alpha value is -1.46. The Kier molecular flexibility index (Phi) is 3.75. The van der Waals surface area contributed by atoms with E-state index in [0.29, 0.717) is 0 Å². The van der Waals surface area contributed by atoms with Crippen molar-refractivity contribution < 1.29 is 0 Å². The van der Waals surface area contributed by atoms with Gasteiger partial charge in [0.2, 0.25) is 0 Å². The predicted molar refractivity (Wildman–Crippen MR) is 74.2 cm³/mol. The predicted octanol–water partition coefficient (Wildman–Crippen LogP) is 2.20. The third kappa shape index (κ3) is 2.62. The monoisotopic (exact) mass is 259 g/mol. The number of fused-ring (bicyclic) bond motifs is 1. The molecule has 0 radical (unpaired) electrons. The van der Waals surface area contributed by atoms with Crippen molar-refractivity contribution in [1.82, 2.24) is 20.0 Å². The van der Waals surface area contributed by atoms with Crippen molar-refractivity contribution in [2.45, 2.75) is 44.6 Å². The molecule has 3 N–H and O–H groups in total. The second-order valence-corrected chi connectivity index (χ2v) is 5.47. The summed E-state index contributed by atoms with van der Waals surface area (Å²) in [6.07, 6.45) is 15.2. The van der Waals surface area contributed by atoms with Crippen molar-refractivity contribution in [2.75, 3.05) is 0 Å². The molecule has 1 saturated carbocycles. The van der Waals surface area contributed by atoms with Crippen LogP contribution in [0.4, 0.5) is 0 Å². The average Bonchev–Trinajstić information content (AvgIpc) is 2.90. The van der Waals surface area contributed by atoms with E-state index in [-0.39, 0.29) is 6.04 Å². The highest BCUT2D eigenvalue weighted by atomic mass is 15.3. The van der Waals surface area contributed by atoms with E-state index in [0.717, 1.165) is 23.4 Å². The highest BCUT2D eigenvalue weighted by Gasteiger charge is 2.21. The minimum absolute atomic E-state index is 0.171. The Morgan fingerprint density at radius 1 is 1.32 bits per heavy atom. The molecule has 0 aliphatic heterocycles. The maximum Gasteiger partial charge on any atom is 0.0893 e. The molecule has 2 heterocycles. The number of rotatable bonds is 4. The highest BCUT2D eigenvalue weighted by molar-refractivity contribution is 5.53. The van der Waals surface area contributed by atoms with Crippen molar-refractivity contribution in [3.8, 4) is 0 Å². The highest BCUT2D eigenvalue weighted by Crippen LogP contribution is 2.32. The topological polar surface area (TPSA) is 68.2 Å². The molecule has 0 amide bonds. The fourth-order valence-electron chi connectivity index (χ4n) is 3.16. The number of nitrogens with one attached hydrogen (secondary N) is 1. The molecule has 1 aliphatic carbocycles. The number of nitrogens with two attached hydrogens (primary N) is 1. The van der Waals surface area contributed by atoms with Gasteiger partial charge in [0.25, 0.3) is 0 Å². The molecule has 0 bridgehead atoms. The van der Waals surface area contributed by atoms with E-state index in [1.165, 1.54) is 32.1 Å². The van der Waals surface area contributed by atoms with Gasteiger partial charge >= 0.3 is 0 Å². The van der Waals surface area contributed by atoms with Crippen LogP contribution >= 0.6 is 0 Å². The Balaban J connectivity index is 1.81. The molecule has 1 fully saturated rings. The van der Waals surface area contributed by atoms with E-state index in [1.54, 1.807) is 6.20 Å². The zero-order valence-corrected chi connectivity index (χ0v) is 11.1. The zero-order valence-electron chi connectivity index (χ0n) is 11.1. The molecule has 5 nitrogen and oxygen atoms in total. The maximum atomic E-state index is 5.76. The van der Waals surface area contributed by atoms with E-state index in [2.05, 4.69) is 15.5 Å². The molecular weight excluding hydrogens is 238 g/mol. The van der Waals surface area contributed by atoms with Crippen LogP contribution in [0.15, 0.2) is 24.8 Å². The molecule has 102 valence electrons. The van der Waals surface area contributed by atoms with E-state index in [1.807, 2.05) is 23.1 Å². The zero-order chi connectivity index (χ0) is 13.1. The molecule has 1 unspecified atom stereocenters. The van der Waals surface area contributed by atoms with Gasteiger partial charge in [-0.3, -0.25) is 16.3 Å². The number of hydrazine groups is 1. The molecule has 2 aromatic heterocycles. The van der Waals surface area contributed by atoms with E-state index in [4.69, 9.17) is 5.84 Å². The second kappa shape index (κ2) is 5.67. The summed E-state index contributed by atoms with van der Waals surface area (Å²) in [5.74, 6) is 6.54. The van der Waals surface area contributed by atoms with Crippen molar-refractivity contribution in [1.29, 1.82) is 0 Å². The summed E-state index contributed by atoms with van der Waals surface area (Å²) in [4.78, 5) is 4.18. The fourth-order valence-corrected chi connectivity index (χ4v) is 3.16. The Labute approximate surface area is 113 Å². The summed E-state index contributed by atoms with van der Waals surface area (Å²) in [6, 6.07) is 0.171. The summed E-state index contributed by atoms with van der Waals surface area (Å²) >= 11 is 0. The van der Waals surface area contributed by atoms with Crippen LogP contribution in [0.1, 0.15) is 50.1 Å². The van der Waals surface area contributed by atoms with Crippen LogP contribution < -0.4 is 11.3 Å². The van der Waals surface area contributed by atoms with Crippen LogP contribution in [0.5, 0.6) is 0 Å². The summed E-state index contributed by atoms with van der Waals surface area (Å²) in [7, 11) is 0. The molecule has 5 heteroatoms. The normalized spacial score (nSPS) is 18.8. The maximum absolute atomic E-state index is 5.76. The lowest BCUT2D eigenvalue weighted by Crippen LogP contribution is -2.30. The molecular formula is C14H21N5. The van der Waals surface area contributed by atoms with Crippen LogP contribution in [0.3, 0.4) is 0 Å². The van der Waals surface area contributed by atoms with Gasteiger partial charge in [-0.15, -0.1) is 0 Å². The van der Waals surface area contributed by atoms with Crippen molar-refractivity contribution in [2.24, 2.45) is 11.8 Å². The smallest absolute Gasteiger partial charge is 0.0893 e. The first-order valence-electron chi connectivity index (χ1n) is 7.12. The number of nitrogens with zero attached hydrogens (tertiary/aromatic N) is 3. The SMILES string of the molecule is NNC(CC1CCCCC1)c1cnn2ccncc12. The van der Waals surface area contributed by atoms with Gasteiger partial charge in [0.15, 0.2) is 0 Å². The fraction of sp³-hybridized carbons (Fsp3) is 0.571. The third-order valence-corrected chi connectivity index (χ3v) is 4.22. The first kappa shape index (κ1) is 12.6. The van der Waals surface area contributed by atoms with Crippen LogP contribution in [-0.4, -0.2) is 14.6 Å². The number of hydrogen-bond donors (Lipinski definition) is 2. The summed E-state index contributed by atoms with van der Waals surface area (Å²) in [5.41, 5.74) is 5.16. The van der Waals surface area contributed by atoms with Gasteiger partial charge in [0.1, 0.15) is 0 Å². The lowest BCUT2D eigenvalue weighted by atomic mass is 9.84. The molecule has 1 atom stereocenters. The quantitative estimate of drug-likeness (QED) is 0.652. The Bertz CT molecular complexity index is 529. The Morgan fingerprint density at radius 3 is 2.95 bits per heavy atom. The van der Waals surface area contributed by atoms with Crippen molar-refractivity contribution >= 4 is 5.52 Å². The first-order chi connectivity index (χ1) is 9.38. The first-order valence-corrected chi connectivity index (χ1v) is 7.12. The van der Waals surface area contributed by atoms with E-state index in [9.17, 15) is 0 Å². The minimum atomic E-state index is 0.171. The molecule has 1 aliphatic rings. The number of hydrogen-bond acceptors (Lipinski definition) is 4. The van der Waals surface area contributed by atoms with Crippen molar-refractivity contribution in [3.05, 3.63) is 30.4 Å². The Morgan fingerprint density at radius 2 is 2.16 bits per heavy atom. The lowest BCUT2D eigenvalue weighted by molar-refractivity contribution is 0.301. The molecule has 3 rings (SSSR count). The standard InChI is InChI=1S/C14H21N5/c15-18-13(8-11-4-2-1-3-5-11)12-9-17-19-7-6-16-10-14(12)19/h6-7,9-11,13,18H,1-5,8,15H2. The van der Waals surface area contributed by atoms with Crippen LogP contribution in [0.2, 0.25) is 0 Å². The van der Waals surface area contributed by atoms with Crippen LogP contribution in [-0.2, 0) is 0 Å². The second-order valence-electron chi connectivity index (χ2n) is 5.47. The van der Waals surface area contributed by atoms with Gasteiger partial charge in [-0.1, -0.05) is 32.1 Å². The average molecular weight is 259 g/mol. The largest absolute Gasteiger partial charge is 0.271 e. The van der Waals surface area contributed by atoms with Crippen molar-refractivity contribution in [3.63, 3.8) is 0 Å². The third-order valence-electron chi connectivity index (χ3n) is 4.22. The molecule has 0 aromatic carbocycles. The molecule has 2 aromatic rings. The van der Waals surface area contributed by atoms with E-state index < -0.39 is 0 Å². The molecule has 19 heavy (non-hydrogen) atoms. The van der Waals surface area contributed by atoms with Gasteiger partial charge in [-0.05, 0) is 12.3 Å². The molecule has 0 saturated heterocycles. The van der Waals surface area contributed by atoms with Gasteiger partial charge in [0.05, 0.1) is 24.0 Å². The summed E-state index contributed by atoms with van der Waals surface area (Å²) in [5, 5.41) is 4.36. The summed E-state index contributed by atoms with van der Waals surface area (Å²) in [6.45, 7) is 0.